The summed E-state index contributed by atoms with van der Waals surface area (Å²) in [6.07, 6.45) is 8.09. The minimum absolute atomic E-state index is 0.0196. The van der Waals surface area contributed by atoms with Gasteiger partial charge in [0, 0.05) is 18.9 Å². The van der Waals surface area contributed by atoms with Crippen LogP contribution in [-0.2, 0) is 4.79 Å². The van der Waals surface area contributed by atoms with Crippen molar-refractivity contribution in [2.75, 3.05) is 0 Å². The van der Waals surface area contributed by atoms with E-state index in [2.05, 4.69) is 26.1 Å². The summed E-state index contributed by atoms with van der Waals surface area (Å²) in [5.41, 5.74) is 0.0417. The van der Waals surface area contributed by atoms with Crippen LogP contribution in [0.2, 0.25) is 0 Å². The molecule has 2 nitrogen and oxygen atoms in total. The first-order valence-corrected chi connectivity index (χ1v) is 4.90. The molecular weight excluding hydrogens is 174 g/mol. The zero-order chi connectivity index (χ0) is 10.8. The quantitative estimate of drug-likeness (QED) is 0.711. The van der Waals surface area contributed by atoms with Crippen LogP contribution in [0.25, 0.3) is 0 Å². The second kappa shape index (κ2) is 4.33. The SMILES string of the molecule is CC(=O)N[C@@H]([C]1[CH][CH][CH][CH]1)C(C)(C)C. The lowest BCUT2D eigenvalue weighted by Gasteiger charge is -2.35. The molecule has 5 radical (unpaired) electrons. The van der Waals surface area contributed by atoms with E-state index in [4.69, 9.17) is 0 Å². The first-order chi connectivity index (χ1) is 6.41. The molecule has 14 heavy (non-hydrogen) atoms. The summed E-state index contributed by atoms with van der Waals surface area (Å²) < 4.78 is 0. The molecule has 2 heteroatoms. The highest BCUT2D eigenvalue weighted by Gasteiger charge is 2.35. The molecular formula is C12H18NO. The lowest BCUT2D eigenvalue weighted by atomic mass is 9.78. The van der Waals surface area contributed by atoms with Crippen LogP contribution < -0.4 is 5.32 Å². The molecule has 0 spiro atoms. The summed E-state index contributed by atoms with van der Waals surface area (Å²) in [6.45, 7) is 7.93. The molecule has 0 bridgehead atoms. The Morgan fingerprint density at radius 2 is 1.79 bits per heavy atom. The van der Waals surface area contributed by atoms with E-state index in [1.165, 1.54) is 5.92 Å². The van der Waals surface area contributed by atoms with Crippen LogP contribution in [0.3, 0.4) is 0 Å². The topological polar surface area (TPSA) is 29.1 Å². The summed E-state index contributed by atoms with van der Waals surface area (Å²) in [5, 5.41) is 2.98. The number of hydrogen-bond acceptors (Lipinski definition) is 1. The molecule has 1 aliphatic carbocycles. The van der Waals surface area contributed by atoms with Crippen LogP contribution in [0.15, 0.2) is 0 Å². The third-order valence-corrected chi connectivity index (χ3v) is 2.24. The Balaban J connectivity index is 2.65. The van der Waals surface area contributed by atoms with Crippen molar-refractivity contribution < 1.29 is 4.79 Å². The van der Waals surface area contributed by atoms with Gasteiger partial charge in [0.1, 0.15) is 0 Å². The minimum Gasteiger partial charge on any atom is -0.352 e. The molecule has 0 aromatic heterocycles. The fourth-order valence-electron chi connectivity index (χ4n) is 1.58. The molecule has 1 amide bonds. The average molecular weight is 192 g/mol. The average Bonchev–Trinajstić information content (AvgIpc) is 2.49. The second-order valence-electron chi connectivity index (χ2n) is 4.72. The van der Waals surface area contributed by atoms with Gasteiger partial charge in [0.2, 0.25) is 5.91 Å². The third kappa shape index (κ3) is 3.00. The summed E-state index contributed by atoms with van der Waals surface area (Å²) in [7, 11) is 0. The van der Waals surface area contributed by atoms with Gasteiger partial charge in [0.15, 0.2) is 0 Å². The van der Waals surface area contributed by atoms with Gasteiger partial charge in [-0.3, -0.25) is 4.79 Å². The number of hydrogen-bond donors (Lipinski definition) is 1. The van der Waals surface area contributed by atoms with Gasteiger partial charge < -0.3 is 5.32 Å². The Labute approximate surface area is 87.5 Å². The van der Waals surface area contributed by atoms with Gasteiger partial charge in [-0.15, -0.1) is 0 Å². The van der Waals surface area contributed by atoms with Crippen molar-refractivity contribution in [2.24, 2.45) is 5.41 Å². The van der Waals surface area contributed by atoms with E-state index in [9.17, 15) is 4.79 Å². The molecule has 0 heterocycles. The molecule has 0 aromatic carbocycles. The lowest BCUT2D eigenvalue weighted by molar-refractivity contribution is -0.120. The Bertz CT molecular complexity index is 199. The Kier molecular flexibility index (Phi) is 3.57. The summed E-state index contributed by atoms with van der Waals surface area (Å²) in [5.74, 6) is 1.19. The standard InChI is InChI=1S/C12H18NO/c1-9(14)13-11(12(2,3)4)10-7-5-6-8-10/h5-8,11H,1-4H3,(H,13,14)/t11-/m0/s1. The molecule has 0 saturated heterocycles. The molecule has 1 aliphatic rings. The molecule has 0 aromatic rings. The van der Waals surface area contributed by atoms with Crippen molar-refractivity contribution in [1.29, 1.82) is 0 Å². The fraction of sp³-hybridized carbons (Fsp3) is 0.500. The Morgan fingerprint density at radius 3 is 2.14 bits per heavy atom. The molecule has 1 rings (SSSR count). The highest BCUT2D eigenvalue weighted by atomic mass is 16.1. The van der Waals surface area contributed by atoms with Gasteiger partial charge in [0.25, 0.3) is 0 Å². The van der Waals surface area contributed by atoms with Crippen molar-refractivity contribution in [1.82, 2.24) is 5.32 Å². The van der Waals surface area contributed by atoms with Crippen LogP contribution in [0, 0.1) is 37.0 Å². The highest BCUT2D eigenvalue weighted by Crippen LogP contribution is 2.35. The van der Waals surface area contributed by atoms with E-state index < -0.39 is 0 Å². The fourth-order valence-corrected chi connectivity index (χ4v) is 1.58. The maximum atomic E-state index is 11.1. The van der Waals surface area contributed by atoms with Crippen molar-refractivity contribution in [3.05, 3.63) is 31.6 Å². The maximum Gasteiger partial charge on any atom is 0.217 e. The third-order valence-electron chi connectivity index (χ3n) is 2.24. The number of amides is 1. The molecule has 1 atom stereocenters. The number of carbonyl (C=O) groups is 1. The first kappa shape index (κ1) is 11.5. The van der Waals surface area contributed by atoms with Crippen molar-refractivity contribution in [2.45, 2.75) is 33.7 Å². The van der Waals surface area contributed by atoms with Crippen LogP contribution >= 0.6 is 0 Å². The van der Waals surface area contributed by atoms with E-state index in [-0.39, 0.29) is 17.4 Å². The summed E-state index contributed by atoms with van der Waals surface area (Å²) >= 11 is 0. The van der Waals surface area contributed by atoms with Gasteiger partial charge in [-0.2, -0.15) is 0 Å². The van der Waals surface area contributed by atoms with Gasteiger partial charge in [0.05, 0.1) is 0 Å². The smallest absolute Gasteiger partial charge is 0.217 e. The summed E-state index contributed by atoms with van der Waals surface area (Å²) in [6, 6.07) is 0.0926. The first-order valence-electron chi connectivity index (χ1n) is 4.90. The molecule has 77 valence electrons. The maximum absolute atomic E-state index is 11.1. The van der Waals surface area contributed by atoms with Crippen LogP contribution in [0.5, 0.6) is 0 Å². The normalized spacial score (nSPS) is 20.9. The van der Waals surface area contributed by atoms with E-state index in [0.29, 0.717) is 0 Å². The van der Waals surface area contributed by atoms with Gasteiger partial charge >= 0.3 is 0 Å². The zero-order valence-electron chi connectivity index (χ0n) is 9.29. The van der Waals surface area contributed by atoms with E-state index >= 15 is 0 Å². The number of rotatable bonds is 2. The van der Waals surface area contributed by atoms with Crippen molar-refractivity contribution in [3.63, 3.8) is 0 Å². The largest absolute Gasteiger partial charge is 0.352 e. The summed E-state index contributed by atoms with van der Waals surface area (Å²) in [4.78, 5) is 11.1. The lowest BCUT2D eigenvalue weighted by Crippen LogP contribution is -2.46. The Hall–Kier alpha value is -0.530. The van der Waals surface area contributed by atoms with Crippen molar-refractivity contribution >= 4 is 5.91 Å². The zero-order valence-corrected chi connectivity index (χ0v) is 9.29. The van der Waals surface area contributed by atoms with Gasteiger partial charge in [-0.05, 0) is 31.1 Å². The molecule has 1 N–H and O–H groups in total. The predicted molar refractivity (Wildman–Crippen MR) is 57.5 cm³/mol. The number of nitrogens with one attached hydrogen (secondary N) is 1. The van der Waals surface area contributed by atoms with E-state index in [1.807, 2.05) is 25.7 Å². The highest BCUT2D eigenvalue weighted by molar-refractivity contribution is 5.74. The van der Waals surface area contributed by atoms with Gasteiger partial charge in [-0.1, -0.05) is 20.8 Å². The monoisotopic (exact) mass is 192 g/mol. The molecule has 0 unspecified atom stereocenters. The van der Waals surface area contributed by atoms with Crippen LogP contribution in [0.1, 0.15) is 27.7 Å². The molecule has 1 fully saturated rings. The van der Waals surface area contributed by atoms with Gasteiger partial charge in [-0.25, -0.2) is 0 Å². The predicted octanol–water partition coefficient (Wildman–Crippen LogP) is 1.94. The van der Waals surface area contributed by atoms with Crippen molar-refractivity contribution in [3.8, 4) is 0 Å². The van der Waals surface area contributed by atoms with Crippen LogP contribution in [0.4, 0.5) is 0 Å². The minimum atomic E-state index is 0.0196. The molecule has 0 aliphatic heterocycles. The van der Waals surface area contributed by atoms with E-state index in [0.717, 1.165) is 0 Å². The van der Waals surface area contributed by atoms with Crippen LogP contribution in [-0.4, -0.2) is 11.9 Å². The number of carbonyl (C=O) groups excluding carboxylic acids is 1. The Morgan fingerprint density at radius 1 is 1.29 bits per heavy atom. The second-order valence-corrected chi connectivity index (χ2v) is 4.72. The molecule has 1 saturated carbocycles. The van der Waals surface area contributed by atoms with E-state index in [1.54, 1.807) is 6.92 Å².